The van der Waals surface area contributed by atoms with Gasteiger partial charge in [0.05, 0.1) is 20.3 Å². The molecule has 1 saturated heterocycles. The van der Waals surface area contributed by atoms with Gasteiger partial charge in [-0.25, -0.2) is 0 Å². The van der Waals surface area contributed by atoms with Gasteiger partial charge in [-0.15, -0.1) is 6.58 Å². The van der Waals surface area contributed by atoms with Crippen molar-refractivity contribution in [3.05, 3.63) is 36.4 Å². The molecule has 1 aromatic rings. The smallest absolute Gasteiger partial charge is 0.165 e. The second-order valence-electron chi connectivity index (χ2n) is 4.55. The van der Waals surface area contributed by atoms with Crippen LogP contribution < -0.4 is 14.8 Å². The van der Waals surface area contributed by atoms with E-state index in [0.717, 1.165) is 43.2 Å². The molecular weight excluding hydrogens is 240 g/mol. The van der Waals surface area contributed by atoms with Crippen LogP contribution in [0.25, 0.3) is 0 Å². The molecule has 1 fully saturated rings. The van der Waals surface area contributed by atoms with Gasteiger partial charge in [0.1, 0.15) is 0 Å². The zero-order valence-corrected chi connectivity index (χ0v) is 11.7. The molecule has 0 aliphatic carbocycles. The van der Waals surface area contributed by atoms with E-state index in [1.165, 1.54) is 0 Å². The van der Waals surface area contributed by atoms with Gasteiger partial charge in [-0.1, -0.05) is 18.2 Å². The second kappa shape index (κ2) is 6.59. The summed E-state index contributed by atoms with van der Waals surface area (Å²) >= 11 is 0. The van der Waals surface area contributed by atoms with Gasteiger partial charge >= 0.3 is 0 Å². The van der Waals surface area contributed by atoms with E-state index in [1.54, 1.807) is 14.2 Å². The van der Waals surface area contributed by atoms with Crippen molar-refractivity contribution < 1.29 is 9.47 Å². The van der Waals surface area contributed by atoms with E-state index >= 15 is 0 Å². The van der Waals surface area contributed by atoms with Gasteiger partial charge in [0, 0.05) is 31.7 Å². The molecule has 0 amide bonds. The van der Waals surface area contributed by atoms with Crippen LogP contribution in [0.1, 0.15) is 11.6 Å². The van der Waals surface area contributed by atoms with E-state index in [-0.39, 0.29) is 6.04 Å². The molecule has 1 N–H and O–H groups in total. The lowest BCUT2D eigenvalue weighted by Gasteiger charge is -2.34. The van der Waals surface area contributed by atoms with E-state index in [2.05, 4.69) is 22.9 Å². The zero-order chi connectivity index (χ0) is 13.7. The van der Waals surface area contributed by atoms with E-state index in [9.17, 15) is 0 Å². The first kappa shape index (κ1) is 13.9. The van der Waals surface area contributed by atoms with Crippen molar-refractivity contribution in [2.75, 3.05) is 40.4 Å². The van der Waals surface area contributed by atoms with Gasteiger partial charge in [0.2, 0.25) is 0 Å². The van der Waals surface area contributed by atoms with Crippen molar-refractivity contribution in [1.29, 1.82) is 0 Å². The van der Waals surface area contributed by atoms with E-state index < -0.39 is 0 Å². The zero-order valence-electron chi connectivity index (χ0n) is 11.7. The largest absolute Gasteiger partial charge is 0.493 e. The Morgan fingerprint density at radius 3 is 2.58 bits per heavy atom. The van der Waals surface area contributed by atoms with Crippen LogP contribution in [0.2, 0.25) is 0 Å². The summed E-state index contributed by atoms with van der Waals surface area (Å²) in [5.74, 6) is 1.57. The summed E-state index contributed by atoms with van der Waals surface area (Å²) in [6.45, 7) is 8.03. The molecule has 1 heterocycles. The highest BCUT2D eigenvalue weighted by molar-refractivity contribution is 5.49. The third kappa shape index (κ3) is 2.91. The minimum atomic E-state index is 0.159. The summed E-state index contributed by atoms with van der Waals surface area (Å²) in [4.78, 5) is 2.40. The fourth-order valence-corrected chi connectivity index (χ4v) is 2.58. The Morgan fingerprint density at radius 1 is 1.26 bits per heavy atom. The van der Waals surface area contributed by atoms with Gasteiger partial charge in [-0.2, -0.15) is 0 Å². The maximum Gasteiger partial charge on any atom is 0.165 e. The standard InChI is InChI=1S/C15H22N2O2/c1-4-13(17-10-8-16-9-11-17)12-6-5-7-14(18-2)15(12)19-3/h4-7,13,16H,1,8-11H2,2-3H3/t13-/m1/s1. The van der Waals surface area contributed by atoms with E-state index in [0.29, 0.717) is 0 Å². The van der Waals surface area contributed by atoms with Gasteiger partial charge in [0.25, 0.3) is 0 Å². The topological polar surface area (TPSA) is 33.7 Å². The first-order valence-corrected chi connectivity index (χ1v) is 6.60. The lowest BCUT2D eigenvalue weighted by molar-refractivity contribution is 0.199. The lowest BCUT2D eigenvalue weighted by atomic mass is 10.0. The molecule has 0 unspecified atom stereocenters. The maximum atomic E-state index is 5.53. The number of hydrogen-bond acceptors (Lipinski definition) is 4. The van der Waals surface area contributed by atoms with Crippen molar-refractivity contribution >= 4 is 0 Å². The van der Waals surface area contributed by atoms with E-state index in [4.69, 9.17) is 9.47 Å². The Morgan fingerprint density at radius 2 is 2.00 bits per heavy atom. The highest BCUT2D eigenvalue weighted by Crippen LogP contribution is 2.37. The molecular formula is C15H22N2O2. The van der Waals surface area contributed by atoms with Crippen molar-refractivity contribution in [2.45, 2.75) is 6.04 Å². The number of nitrogens with one attached hydrogen (secondary N) is 1. The van der Waals surface area contributed by atoms with Crippen LogP contribution in [0.15, 0.2) is 30.9 Å². The van der Waals surface area contributed by atoms with Gasteiger partial charge in [0.15, 0.2) is 11.5 Å². The molecule has 1 aliphatic heterocycles. The molecule has 0 bridgehead atoms. The van der Waals surface area contributed by atoms with Crippen LogP contribution in [0.5, 0.6) is 11.5 Å². The third-order valence-electron chi connectivity index (χ3n) is 3.52. The minimum absolute atomic E-state index is 0.159. The number of ether oxygens (including phenoxy) is 2. The average molecular weight is 262 g/mol. The van der Waals surface area contributed by atoms with Crippen LogP contribution in [0, 0.1) is 0 Å². The quantitative estimate of drug-likeness (QED) is 0.821. The summed E-state index contributed by atoms with van der Waals surface area (Å²) < 4.78 is 10.9. The molecule has 19 heavy (non-hydrogen) atoms. The molecule has 0 radical (unpaired) electrons. The molecule has 1 atom stereocenters. The summed E-state index contributed by atoms with van der Waals surface area (Å²) in [6, 6.07) is 6.15. The minimum Gasteiger partial charge on any atom is -0.493 e. The first-order valence-electron chi connectivity index (χ1n) is 6.60. The number of rotatable bonds is 5. The van der Waals surface area contributed by atoms with Crippen molar-refractivity contribution in [2.24, 2.45) is 0 Å². The second-order valence-corrected chi connectivity index (χ2v) is 4.55. The predicted octanol–water partition coefficient (Wildman–Crippen LogP) is 1.84. The Labute approximate surface area is 115 Å². The summed E-state index contributed by atoms with van der Waals surface area (Å²) in [6.07, 6.45) is 1.97. The average Bonchev–Trinajstić information content (AvgIpc) is 2.48. The highest BCUT2D eigenvalue weighted by Gasteiger charge is 2.23. The van der Waals surface area contributed by atoms with Crippen LogP contribution in [-0.2, 0) is 0 Å². The lowest BCUT2D eigenvalue weighted by Crippen LogP contribution is -2.44. The van der Waals surface area contributed by atoms with Gasteiger partial charge < -0.3 is 14.8 Å². The molecule has 4 heteroatoms. The van der Waals surface area contributed by atoms with Crippen LogP contribution in [-0.4, -0.2) is 45.3 Å². The van der Waals surface area contributed by atoms with Gasteiger partial charge in [-0.05, 0) is 6.07 Å². The highest BCUT2D eigenvalue weighted by atomic mass is 16.5. The number of hydrogen-bond donors (Lipinski definition) is 1. The number of piperazine rings is 1. The Balaban J connectivity index is 2.34. The van der Waals surface area contributed by atoms with Crippen LogP contribution >= 0.6 is 0 Å². The Hall–Kier alpha value is -1.52. The van der Waals surface area contributed by atoms with Crippen molar-refractivity contribution in [3.8, 4) is 11.5 Å². The molecule has 2 rings (SSSR count). The fourth-order valence-electron chi connectivity index (χ4n) is 2.58. The SMILES string of the molecule is C=C[C@H](c1cccc(OC)c1OC)N1CCNCC1. The third-order valence-corrected chi connectivity index (χ3v) is 3.52. The van der Waals surface area contributed by atoms with Crippen molar-refractivity contribution in [3.63, 3.8) is 0 Å². The predicted molar refractivity (Wildman–Crippen MR) is 76.9 cm³/mol. The normalized spacial score (nSPS) is 17.8. The molecule has 1 aromatic carbocycles. The number of para-hydroxylation sites is 1. The Kier molecular flexibility index (Phi) is 4.82. The van der Waals surface area contributed by atoms with Crippen LogP contribution in [0.3, 0.4) is 0 Å². The molecule has 0 aromatic heterocycles. The fraction of sp³-hybridized carbons (Fsp3) is 0.467. The van der Waals surface area contributed by atoms with Crippen LogP contribution in [0.4, 0.5) is 0 Å². The molecule has 1 aliphatic rings. The molecule has 0 saturated carbocycles. The summed E-state index contributed by atoms with van der Waals surface area (Å²) in [7, 11) is 3.34. The number of methoxy groups -OCH3 is 2. The Bertz CT molecular complexity index is 428. The first-order chi connectivity index (χ1) is 9.31. The molecule has 104 valence electrons. The van der Waals surface area contributed by atoms with Crippen molar-refractivity contribution in [1.82, 2.24) is 10.2 Å². The van der Waals surface area contributed by atoms with E-state index in [1.807, 2.05) is 18.2 Å². The summed E-state index contributed by atoms with van der Waals surface area (Å²) in [5.41, 5.74) is 1.11. The summed E-state index contributed by atoms with van der Waals surface area (Å²) in [5, 5.41) is 3.36. The molecule has 0 spiro atoms. The number of benzene rings is 1. The monoisotopic (exact) mass is 262 g/mol. The number of nitrogens with zero attached hydrogens (tertiary/aromatic N) is 1. The molecule has 4 nitrogen and oxygen atoms in total. The maximum absolute atomic E-state index is 5.53. The van der Waals surface area contributed by atoms with Gasteiger partial charge in [-0.3, -0.25) is 4.90 Å².